The minimum Gasteiger partial charge on any atom is -0.448 e. The van der Waals surface area contributed by atoms with Gasteiger partial charge in [0.25, 0.3) is 11.8 Å². The maximum absolute atomic E-state index is 11.5. The summed E-state index contributed by atoms with van der Waals surface area (Å²) in [5.74, 6) is -0.861. The van der Waals surface area contributed by atoms with Gasteiger partial charge in [0.05, 0.1) is 0 Å². The van der Waals surface area contributed by atoms with Crippen molar-refractivity contribution in [3.05, 3.63) is 28.6 Å². The summed E-state index contributed by atoms with van der Waals surface area (Å²) in [6.07, 6.45) is 0. The number of aromatic nitrogens is 1. The van der Waals surface area contributed by atoms with Gasteiger partial charge in [-0.1, -0.05) is 0 Å². The number of fused-ring (bicyclic) bond motifs is 3. The van der Waals surface area contributed by atoms with Crippen LogP contribution in [0, 0.1) is 13.8 Å². The SMILES string of the molecule is Cc1cc2oc3c(c2nc1C)C(=O)NC3=O. The van der Waals surface area contributed by atoms with Crippen LogP contribution in [0.3, 0.4) is 0 Å². The van der Waals surface area contributed by atoms with Crippen LogP contribution < -0.4 is 5.32 Å². The molecule has 0 unspecified atom stereocenters. The van der Waals surface area contributed by atoms with Crippen molar-refractivity contribution in [3.8, 4) is 0 Å². The van der Waals surface area contributed by atoms with Gasteiger partial charge in [0, 0.05) is 5.69 Å². The minimum absolute atomic E-state index is 0.0671. The van der Waals surface area contributed by atoms with E-state index in [4.69, 9.17) is 4.42 Å². The van der Waals surface area contributed by atoms with Crippen LogP contribution in [0.5, 0.6) is 0 Å². The fraction of sp³-hybridized carbons (Fsp3) is 0.182. The maximum Gasteiger partial charge on any atom is 0.294 e. The summed E-state index contributed by atoms with van der Waals surface area (Å²) in [6, 6.07) is 1.79. The summed E-state index contributed by atoms with van der Waals surface area (Å²) in [7, 11) is 0. The van der Waals surface area contributed by atoms with Crippen molar-refractivity contribution in [1.82, 2.24) is 10.3 Å². The number of pyridine rings is 1. The van der Waals surface area contributed by atoms with Gasteiger partial charge in [-0.3, -0.25) is 14.9 Å². The summed E-state index contributed by atoms with van der Waals surface area (Å²) in [4.78, 5) is 27.2. The highest BCUT2D eigenvalue weighted by atomic mass is 16.4. The smallest absolute Gasteiger partial charge is 0.294 e. The molecule has 2 amide bonds. The van der Waals surface area contributed by atoms with Crippen LogP contribution in [-0.2, 0) is 0 Å². The predicted octanol–water partition coefficient (Wildman–Crippen LogP) is 1.33. The first-order chi connectivity index (χ1) is 7.58. The van der Waals surface area contributed by atoms with Crippen molar-refractivity contribution >= 4 is 22.9 Å². The molecule has 3 rings (SSSR count). The van der Waals surface area contributed by atoms with E-state index in [1.807, 2.05) is 13.8 Å². The van der Waals surface area contributed by atoms with Gasteiger partial charge in [-0.2, -0.15) is 0 Å². The van der Waals surface area contributed by atoms with Crippen LogP contribution in [0.1, 0.15) is 32.2 Å². The van der Waals surface area contributed by atoms with Crippen LogP contribution in [0.2, 0.25) is 0 Å². The molecule has 0 spiro atoms. The molecule has 0 radical (unpaired) electrons. The number of carbonyl (C=O) groups excluding carboxylic acids is 2. The Kier molecular flexibility index (Phi) is 1.53. The Morgan fingerprint density at radius 2 is 2.00 bits per heavy atom. The predicted molar refractivity (Wildman–Crippen MR) is 55.3 cm³/mol. The first kappa shape index (κ1) is 9.08. The molecule has 0 atom stereocenters. The highest BCUT2D eigenvalue weighted by molar-refractivity contribution is 6.25. The molecule has 1 N–H and O–H groups in total. The zero-order valence-corrected chi connectivity index (χ0v) is 8.75. The van der Waals surface area contributed by atoms with E-state index in [0.717, 1.165) is 11.3 Å². The Morgan fingerprint density at radius 1 is 1.25 bits per heavy atom. The second-order valence-electron chi connectivity index (χ2n) is 3.83. The average molecular weight is 216 g/mol. The van der Waals surface area contributed by atoms with Crippen molar-refractivity contribution in [2.75, 3.05) is 0 Å². The molecule has 0 aromatic carbocycles. The van der Waals surface area contributed by atoms with Crippen molar-refractivity contribution in [1.29, 1.82) is 0 Å². The third-order valence-corrected chi connectivity index (χ3v) is 2.77. The Labute approximate surface area is 90.5 Å². The third-order valence-electron chi connectivity index (χ3n) is 2.77. The van der Waals surface area contributed by atoms with Gasteiger partial charge in [0.1, 0.15) is 11.1 Å². The van der Waals surface area contributed by atoms with Gasteiger partial charge in [-0.15, -0.1) is 0 Å². The molecule has 1 aliphatic heterocycles. The number of amides is 2. The molecule has 2 aromatic rings. The summed E-state index contributed by atoms with van der Waals surface area (Å²) >= 11 is 0. The first-order valence-corrected chi connectivity index (χ1v) is 4.84. The lowest BCUT2D eigenvalue weighted by atomic mass is 10.2. The number of furan rings is 1. The van der Waals surface area contributed by atoms with Crippen molar-refractivity contribution in [2.45, 2.75) is 13.8 Å². The molecule has 3 heterocycles. The van der Waals surface area contributed by atoms with Crippen LogP contribution in [0.15, 0.2) is 10.5 Å². The van der Waals surface area contributed by atoms with E-state index in [2.05, 4.69) is 10.3 Å². The lowest BCUT2D eigenvalue weighted by molar-refractivity contribution is 0.0870. The average Bonchev–Trinajstić information content (AvgIpc) is 2.68. The zero-order chi connectivity index (χ0) is 11.4. The zero-order valence-electron chi connectivity index (χ0n) is 8.75. The highest BCUT2D eigenvalue weighted by Gasteiger charge is 2.34. The van der Waals surface area contributed by atoms with Crippen molar-refractivity contribution in [2.24, 2.45) is 0 Å². The molecule has 0 fully saturated rings. The van der Waals surface area contributed by atoms with E-state index in [1.54, 1.807) is 6.07 Å². The van der Waals surface area contributed by atoms with Gasteiger partial charge < -0.3 is 4.42 Å². The Bertz CT molecular complexity index is 655. The van der Waals surface area contributed by atoms with Crippen LogP contribution >= 0.6 is 0 Å². The molecule has 5 heteroatoms. The standard InChI is InChI=1S/C11H8N2O3/c1-4-3-6-8(12-5(4)2)7-9(16-6)11(15)13-10(7)14/h3H,1-2H3,(H,13,14,15). The lowest BCUT2D eigenvalue weighted by Gasteiger charge is -1.98. The van der Waals surface area contributed by atoms with Crippen molar-refractivity contribution in [3.63, 3.8) is 0 Å². The van der Waals surface area contributed by atoms with Gasteiger partial charge in [0.2, 0.25) is 5.76 Å². The first-order valence-electron chi connectivity index (χ1n) is 4.84. The molecular formula is C11H8N2O3. The molecule has 0 bridgehead atoms. The van der Waals surface area contributed by atoms with E-state index < -0.39 is 11.8 Å². The Morgan fingerprint density at radius 3 is 2.75 bits per heavy atom. The maximum atomic E-state index is 11.5. The summed E-state index contributed by atoms with van der Waals surface area (Å²) < 4.78 is 5.33. The van der Waals surface area contributed by atoms with Crippen LogP contribution in [-0.4, -0.2) is 16.8 Å². The van der Waals surface area contributed by atoms with E-state index >= 15 is 0 Å². The quantitative estimate of drug-likeness (QED) is 0.674. The molecule has 1 aliphatic rings. The molecule has 80 valence electrons. The fourth-order valence-electron chi connectivity index (χ4n) is 1.80. The number of nitrogens with zero attached hydrogens (tertiary/aromatic N) is 1. The lowest BCUT2D eigenvalue weighted by Crippen LogP contribution is -2.20. The van der Waals surface area contributed by atoms with Gasteiger partial charge in [-0.25, -0.2) is 4.98 Å². The number of hydrogen-bond acceptors (Lipinski definition) is 4. The third kappa shape index (κ3) is 0.970. The van der Waals surface area contributed by atoms with Crippen LogP contribution in [0.4, 0.5) is 0 Å². The van der Waals surface area contributed by atoms with Gasteiger partial charge >= 0.3 is 0 Å². The molecule has 5 nitrogen and oxygen atoms in total. The Hall–Kier alpha value is -2.17. The van der Waals surface area contributed by atoms with Crippen LogP contribution in [0.25, 0.3) is 11.1 Å². The summed E-state index contributed by atoms with van der Waals surface area (Å²) in [6.45, 7) is 3.75. The fourth-order valence-corrected chi connectivity index (χ4v) is 1.80. The number of carbonyl (C=O) groups is 2. The van der Waals surface area contributed by atoms with E-state index in [0.29, 0.717) is 11.1 Å². The second kappa shape index (κ2) is 2.69. The molecule has 2 aromatic heterocycles. The van der Waals surface area contributed by atoms with Gasteiger partial charge in [0.15, 0.2) is 5.58 Å². The minimum atomic E-state index is -0.492. The molecule has 0 saturated carbocycles. The van der Waals surface area contributed by atoms with E-state index in [-0.39, 0.29) is 11.3 Å². The number of imide groups is 1. The summed E-state index contributed by atoms with van der Waals surface area (Å²) in [5.41, 5.74) is 2.98. The summed E-state index contributed by atoms with van der Waals surface area (Å²) in [5, 5.41) is 2.18. The normalized spacial score (nSPS) is 14.4. The molecular weight excluding hydrogens is 208 g/mol. The molecule has 0 saturated heterocycles. The Balaban J connectivity index is 2.45. The number of aryl methyl sites for hydroxylation is 2. The van der Waals surface area contributed by atoms with Gasteiger partial charge in [-0.05, 0) is 25.5 Å². The number of hydrogen-bond donors (Lipinski definition) is 1. The van der Waals surface area contributed by atoms with E-state index in [1.165, 1.54) is 0 Å². The highest BCUT2D eigenvalue weighted by Crippen LogP contribution is 2.28. The topological polar surface area (TPSA) is 72.2 Å². The van der Waals surface area contributed by atoms with Crippen molar-refractivity contribution < 1.29 is 14.0 Å². The van der Waals surface area contributed by atoms with E-state index in [9.17, 15) is 9.59 Å². The molecule has 16 heavy (non-hydrogen) atoms. The number of nitrogens with one attached hydrogen (secondary N) is 1. The monoisotopic (exact) mass is 216 g/mol. The molecule has 0 aliphatic carbocycles. The number of rotatable bonds is 0. The second-order valence-corrected chi connectivity index (χ2v) is 3.83. The largest absolute Gasteiger partial charge is 0.448 e.